The first-order valence-electron chi connectivity index (χ1n) is 15.2. The molecule has 4 saturated carbocycles. The fourth-order valence-electron chi connectivity index (χ4n) is 10.00. The monoisotopic (exact) mass is 668 g/mol. The van der Waals surface area contributed by atoms with E-state index in [1.54, 1.807) is 0 Å². The van der Waals surface area contributed by atoms with E-state index in [-0.39, 0.29) is 112 Å². The van der Waals surface area contributed by atoms with Gasteiger partial charge in [-0.05, 0) is 109 Å². The molecule has 14 heteroatoms. The maximum absolute atomic E-state index is 11.6. The SMILES string of the molecule is CC(C(O)C(O)[C@@H](C)C1CCC2C3CCC4CC(OS(=O)(=O)[O-])C(OS(=O)(=O)[O-])C[C@]4(C)C3CC[C@@]21C)C(C)(C)C.[Na+].[Na+]. The van der Waals surface area contributed by atoms with Crippen LogP contribution in [0.5, 0.6) is 0 Å². The Hall–Kier alpha value is 1.66. The molecule has 240 valence electrons. The van der Waals surface area contributed by atoms with Crippen molar-refractivity contribution < 1.29 is 104 Å². The van der Waals surface area contributed by atoms with Gasteiger partial charge in [-0.3, -0.25) is 8.37 Å². The average molecular weight is 669 g/mol. The summed E-state index contributed by atoms with van der Waals surface area (Å²) in [6, 6.07) is 0. The van der Waals surface area contributed by atoms with E-state index in [1.165, 1.54) is 0 Å². The zero-order valence-electron chi connectivity index (χ0n) is 27.5. The molecule has 0 bridgehead atoms. The molecular weight excluding hydrogens is 618 g/mol. The van der Waals surface area contributed by atoms with Crippen LogP contribution >= 0.6 is 0 Å². The first kappa shape index (κ1) is 40.8. The molecule has 0 saturated heterocycles. The number of hydrogen-bond donors (Lipinski definition) is 2. The number of hydrogen-bond acceptors (Lipinski definition) is 10. The Bertz CT molecular complexity index is 1180. The third-order valence-corrected chi connectivity index (χ3v) is 13.6. The van der Waals surface area contributed by atoms with Crippen molar-refractivity contribution in [2.24, 2.45) is 57.7 Å². The summed E-state index contributed by atoms with van der Waals surface area (Å²) in [5, 5.41) is 22.4. The molecule has 4 rings (SSSR count). The van der Waals surface area contributed by atoms with Crippen LogP contribution in [0.4, 0.5) is 0 Å². The van der Waals surface area contributed by atoms with Gasteiger partial charge in [0, 0.05) is 0 Å². The zero-order valence-corrected chi connectivity index (χ0v) is 33.1. The Balaban J connectivity index is 0.00000323. The molecule has 13 atom stereocenters. The summed E-state index contributed by atoms with van der Waals surface area (Å²) in [6.07, 6.45) is 1.47. The van der Waals surface area contributed by atoms with Crippen molar-refractivity contribution in [2.45, 2.75) is 124 Å². The topological polar surface area (TPSA) is 173 Å². The number of rotatable bonds is 8. The Morgan fingerprint density at radius 2 is 1.33 bits per heavy atom. The molecule has 0 aliphatic heterocycles. The van der Waals surface area contributed by atoms with Crippen LogP contribution in [0.2, 0.25) is 0 Å². The zero-order chi connectivity index (χ0) is 30.9. The summed E-state index contributed by atoms with van der Waals surface area (Å²) in [5.41, 5.74) is -0.558. The van der Waals surface area contributed by atoms with Gasteiger partial charge in [-0.1, -0.05) is 48.5 Å². The van der Waals surface area contributed by atoms with E-state index in [0.717, 1.165) is 38.5 Å². The fourth-order valence-corrected chi connectivity index (χ4v) is 11.0. The minimum absolute atomic E-state index is 0. The first-order valence-corrected chi connectivity index (χ1v) is 17.9. The summed E-state index contributed by atoms with van der Waals surface area (Å²) in [6.45, 7) is 14.7. The molecule has 0 aromatic rings. The van der Waals surface area contributed by atoms with Crippen molar-refractivity contribution >= 4 is 20.8 Å². The molecule has 2 N–H and O–H groups in total. The number of fused-ring (bicyclic) bond motifs is 5. The Morgan fingerprint density at radius 1 is 0.791 bits per heavy atom. The van der Waals surface area contributed by atoms with Crippen molar-refractivity contribution in [3.05, 3.63) is 0 Å². The largest absolute Gasteiger partial charge is 1.00 e. The van der Waals surface area contributed by atoms with E-state index in [4.69, 9.17) is 8.37 Å². The second-order valence-electron chi connectivity index (χ2n) is 15.4. The molecule has 4 fully saturated rings. The third kappa shape index (κ3) is 8.46. The van der Waals surface area contributed by atoms with Gasteiger partial charge in [0.2, 0.25) is 20.8 Å². The van der Waals surface area contributed by atoms with Crippen LogP contribution < -0.4 is 59.1 Å². The summed E-state index contributed by atoms with van der Waals surface area (Å²) in [4.78, 5) is 0. The van der Waals surface area contributed by atoms with E-state index >= 15 is 0 Å². The molecule has 0 amide bonds. The molecule has 4 aliphatic carbocycles. The van der Waals surface area contributed by atoms with E-state index in [1.807, 2.05) is 6.92 Å². The molecule has 0 radical (unpaired) electrons. The van der Waals surface area contributed by atoms with Gasteiger partial charge in [0.15, 0.2) is 0 Å². The maximum atomic E-state index is 11.6. The standard InChI is InChI=1S/C29H52O10S2.2Na/c1-16(25(30)26(31)17(2)27(3,4)5)20-10-11-21-19-9-8-18-14-23(38-40(32,33)34)24(39-41(35,36)37)15-29(18,7)22(19)12-13-28(20,21)6;;/h16-26,30-31H,8-15H2,1-7H3,(H,32,33,34)(H,35,36,37);;/q;2*+1/p-2/t16-,17?,18?,19?,20?,21?,22?,23?,24?,25?,26?,28+,29-;;/m0../s1. The van der Waals surface area contributed by atoms with Crippen LogP contribution in [0.15, 0.2) is 0 Å². The van der Waals surface area contributed by atoms with Crippen LogP contribution in [-0.2, 0) is 29.2 Å². The van der Waals surface area contributed by atoms with Gasteiger partial charge < -0.3 is 19.3 Å². The van der Waals surface area contributed by atoms with Crippen LogP contribution in [0.1, 0.15) is 99.8 Å². The average Bonchev–Trinajstić information content (AvgIpc) is 3.17. The van der Waals surface area contributed by atoms with Crippen molar-refractivity contribution in [3.8, 4) is 0 Å². The van der Waals surface area contributed by atoms with Crippen LogP contribution in [0.3, 0.4) is 0 Å². The second-order valence-corrected chi connectivity index (χ2v) is 17.4. The Kier molecular flexibility index (Phi) is 13.5. The van der Waals surface area contributed by atoms with Crippen molar-refractivity contribution in [1.29, 1.82) is 0 Å². The van der Waals surface area contributed by atoms with Gasteiger partial charge in [-0.25, -0.2) is 16.8 Å². The molecule has 0 aromatic carbocycles. The summed E-state index contributed by atoms with van der Waals surface area (Å²) in [5.74, 6) is 1.08. The molecule has 0 aromatic heterocycles. The van der Waals surface area contributed by atoms with E-state index < -0.39 is 50.6 Å². The van der Waals surface area contributed by atoms with Crippen LogP contribution in [0.25, 0.3) is 0 Å². The summed E-state index contributed by atoms with van der Waals surface area (Å²) in [7, 11) is -10.3. The van der Waals surface area contributed by atoms with Crippen molar-refractivity contribution in [3.63, 3.8) is 0 Å². The predicted octanol–water partition coefficient (Wildman–Crippen LogP) is -2.01. The smallest absolute Gasteiger partial charge is 0.726 e. The molecule has 10 unspecified atom stereocenters. The molecular formula is C29H50Na2O10S2. The van der Waals surface area contributed by atoms with Crippen molar-refractivity contribution in [2.75, 3.05) is 0 Å². The normalized spacial score (nSPS) is 40.9. The minimum atomic E-state index is -5.15. The van der Waals surface area contributed by atoms with Crippen LogP contribution in [0, 0.1) is 57.7 Å². The predicted molar refractivity (Wildman–Crippen MR) is 150 cm³/mol. The van der Waals surface area contributed by atoms with Crippen LogP contribution in [-0.4, -0.2) is 60.6 Å². The summed E-state index contributed by atoms with van der Waals surface area (Å²) >= 11 is 0. The van der Waals surface area contributed by atoms with Gasteiger partial charge in [0.05, 0.1) is 12.2 Å². The molecule has 43 heavy (non-hydrogen) atoms. The molecule has 10 nitrogen and oxygen atoms in total. The fraction of sp³-hybridized carbons (Fsp3) is 1.00. The number of aliphatic hydroxyl groups excluding tert-OH is 2. The molecule has 0 spiro atoms. The van der Waals surface area contributed by atoms with Gasteiger partial charge in [-0.2, -0.15) is 0 Å². The van der Waals surface area contributed by atoms with E-state index in [2.05, 4.69) is 41.5 Å². The first-order chi connectivity index (χ1) is 18.6. The van der Waals surface area contributed by atoms with Crippen molar-refractivity contribution in [1.82, 2.24) is 0 Å². The van der Waals surface area contributed by atoms with E-state index in [9.17, 15) is 36.2 Å². The quantitative estimate of drug-likeness (QED) is 0.167. The van der Waals surface area contributed by atoms with Gasteiger partial charge >= 0.3 is 59.1 Å². The molecule has 4 aliphatic rings. The van der Waals surface area contributed by atoms with Gasteiger partial charge in [0.1, 0.15) is 12.2 Å². The van der Waals surface area contributed by atoms with E-state index in [0.29, 0.717) is 11.8 Å². The Labute approximate surface area is 303 Å². The van der Waals surface area contributed by atoms with Gasteiger partial charge in [0.25, 0.3) is 0 Å². The third-order valence-electron chi connectivity index (χ3n) is 12.6. The Morgan fingerprint density at radius 3 is 1.86 bits per heavy atom. The number of aliphatic hydroxyl groups is 2. The maximum Gasteiger partial charge on any atom is 1.00 e. The van der Waals surface area contributed by atoms with Gasteiger partial charge in [-0.15, -0.1) is 0 Å². The summed E-state index contributed by atoms with van der Waals surface area (Å²) < 4.78 is 78.4. The minimum Gasteiger partial charge on any atom is -0.726 e. The second kappa shape index (κ2) is 14.3. The molecule has 0 heterocycles.